The number of Topliss-reactive ketones (excluding diaryl/α,β-unsaturated/α-hetero) is 1. The Kier molecular flexibility index (Phi) is 4.79. The van der Waals surface area contributed by atoms with E-state index in [-0.39, 0.29) is 17.2 Å². The van der Waals surface area contributed by atoms with E-state index in [2.05, 4.69) is 15.6 Å². The first-order valence-electron chi connectivity index (χ1n) is 7.41. The fourth-order valence-electron chi connectivity index (χ4n) is 2.02. The molecule has 0 bridgehead atoms. The van der Waals surface area contributed by atoms with Crippen molar-refractivity contribution in [2.75, 3.05) is 5.32 Å². The molecule has 0 fully saturated rings. The predicted octanol–water partition coefficient (Wildman–Crippen LogP) is 3.56. The van der Waals surface area contributed by atoms with Gasteiger partial charge in [0.1, 0.15) is 5.69 Å². The minimum Gasteiger partial charge on any atom is -0.355 e. The number of pyridine rings is 1. The fourth-order valence-corrected chi connectivity index (χ4v) is 2.02. The molecule has 5 nitrogen and oxygen atoms in total. The number of carbonyl (C=O) groups excluding carboxylic acids is 2. The van der Waals surface area contributed by atoms with Crippen LogP contribution in [0.5, 0.6) is 0 Å². The normalized spacial score (nSPS) is 11.0. The van der Waals surface area contributed by atoms with Crippen LogP contribution in [0.15, 0.2) is 42.6 Å². The second-order valence-corrected chi connectivity index (χ2v) is 6.40. The summed E-state index contributed by atoms with van der Waals surface area (Å²) in [6.07, 6.45) is 1.58. The summed E-state index contributed by atoms with van der Waals surface area (Å²) in [7, 11) is 0. The van der Waals surface area contributed by atoms with Crippen LogP contribution >= 0.6 is 0 Å². The third-order valence-electron chi connectivity index (χ3n) is 3.04. The lowest BCUT2D eigenvalue weighted by molar-refractivity contribution is 0.0913. The van der Waals surface area contributed by atoms with E-state index < -0.39 is 0 Å². The zero-order chi connectivity index (χ0) is 17.0. The van der Waals surface area contributed by atoms with Crippen LogP contribution in [-0.4, -0.2) is 22.2 Å². The van der Waals surface area contributed by atoms with Crippen LogP contribution in [-0.2, 0) is 0 Å². The summed E-state index contributed by atoms with van der Waals surface area (Å²) in [6.45, 7) is 7.28. The van der Waals surface area contributed by atoms with Crippen molar-refractivity contribution in [2.45, 2.75) is 33.2 Å². The molecule has 0 aliphatic carbocycles. The van der Waals surface area contributed by atoms with Crippen LogP contribution in [0.3, 0.4) is 0 Å². The van der Waals surface area contributed by atoms with Crippen molar-refractivity contribution in [3.05, 3.63) is 53.9 Å². The Morgan fingerprint density at radius 2 is 1.74 bits per heavy atom. The van der Waals surface area contributed by atoms with E-state index in [1.165, 1.54) is 6.92 Å². The number of rotatable bonds is 4. The standard InChI is InChI=1S/C18H21N3O2/c1-12(22)13-6-5-7-14(10-13)20-15-8-9-19-16(11-15)17(23)21-18(2,3)4/h5-11H,1-4H3,(H,19,20)(H,21,23). The molecule has 120 valence electrons. The average molecular weight is 311 g/mol. The highest BCUT2D eigenvalue weighted by molar-refractivity contribution is 5.95. The average Bonchev–Trinajstić information content (AvgIpc) is 2.46. The van der Waals surface area contributed by atoms with Gasteiger partial charge in [0.2, 0.25) is 0 Å². The minimum atomic E-state index is -0.321. The number of hydrogen-bond acceptors (Lipinski definition) is 4. The first-order chi connectivity index (χ1) is 10.7. The quantitative estimate of drug-likeness (QED) is 0.847. The smallest absolute Gasteiger partial charge is 0.270 e. The van der Waals surface area contributed by atoms with Gasteiger partial charge in [0, 0.05) is 28.7 Å². The van der Waals surface area contributed by atoms with Gasteiger partial charge < -0.3 is 10.6 Å². The number of aromatic nitrogens is 1. The summed E-state index contributed by atoms with van der Waals surface area (Å²) >= 11 is 0. The Hall–Kier alpha value is -2.69. The Bertz CT molecular complexity index is 733. The molecule has 23 heavy (non-hydrogen) atoms. The summed E-state index contributed by atoms with van der Waals surface area (Å²) in [5.74, 6) is -0.216. The highest BCUT2D eigenvalue weighted by Crippen LogP contribution is 2.18. The molecule has 1 amide bonds. The lowest BCUT2D eigenvalue weighted by Crippen LogP contribution is -2.40. The maximum atomic E-state index is 12.2. The van der Waals surface area contributed by atoms with E-state index in [9.17, 15) is 9.59 Å². The molecule has 1 heterocycles. The van der Waals surface area contributed by atoms with Gasteiger partial charge in [-0.15, -0.1) is 0 Å². The second-order valence-electron chi connectivity index (χ2n) is 6.40. The number of anilines is 2. The molecule has 0 radical (unpaired) electrons. The summed E-state index contributed by atoms with van der Waals surface area (Å²) < 4.78 is 0. The van der Waals surface area contributed by atoms with Crippen molar-refractivity contribution in [2.24, 2.45) is 0 Å². The van der Waals surface area contributed by atoms with Crippen LogP contribution in [0, 0.1) is 0 Å². The molecule has 2 N–H and O–H groups in total. The van der Waals surface area contributed by atoms with E-state index >= 15 is 0 Å². The Morgan fingerprint density at radius 1 is 1.04 bits per heavy atom. The lowest BCUT2D eigenvalue weighted by atomic mass is 10.1. The number of nitrogens with zero attached hydrogens (tertiary/aromatic N) is 1. The number of benzene rings is 1. The van der Waals surface area contributed by atoms with Gasteiger partial charge >= 0.3 is 0 Å². The van der Waals surface area contributed by atoms with Gasteiger partial charge in [-0.25, -0.2) is 0 Å². The van der Waals surface area contributed by atoms with Crippen LogP contribution in [0.2, 0.25) is 0 Å². The largest absolute Gasteiger partial charge is 0.355 e. The van der Waals surface area contributed by atoms with Crippen molar-refractivity contribution >= 4 is 23.1 Å². The molecule has 2 rings (SSSR count). The number of carbonyl (C=O) groups is 2. The summed E-state index contributed by atoms with van der Waals surface area (Å²) in [5.41, 5.74) is 2.17. The Labute approximate surface area is 136 Å². The van der Waals surface area contributed by atoms with Crippen LogP contribution in [0.1, 0.15) is 48.5 Å². The van der Waals surface area contributed by atoms with Gasteiger partial charge in [0.05, 0.1) is 0 Å². The van der Waals surface area contributed by atoms with Gasteiger partial charge in [-0.3, -0.25) is 14.6 Å². The molecular formula is C18H21N3O2. The number of ketones is 1. The third kappa shape index (κ3) is 4.92. The van der Waals surface area contributed by atoms with Gasteiger partial charge in [0.25, 0.3) is 5.91 Å². The molecular weight excluding hydrogens is 290 g/mol. The summed E-state index contributed by atoms with van der Waals surface area (Å²) in [6, 6.07) is 10.7. The number of amides is 1. The minimum absolute atomic E-state index is 0.00798. The molecule has 1 aromatic carbocycles. The van der Waals surface area contributed by atoms with E-state index in [4.69, 9.17) is 0 Å². The van der Waals surface area contributed by atoms with Gasteiger partial charge in [0.15, 0.2) is 5.78 Å². The molecule has 0 unspecified atom stereocenters. The molecule has 0 saturated heterocycles. The van der Waals surface area contributed by atoms with Crippen molar-refractivity contribution in [1.82, 2.24) is 10.3 Å². The number of hydrogen-bond donors (Lipinski definition) is 2. The highest BCUT2D eigenvalue weighted by atomic mass is 16.2. The first-order valence-corrected chi connectivity index (χ1v) is 7.41. The van der Waals surface area contributed by atoms with Crippen LogP contribution in [0.4, 0.5) is 11.4 Å². The first kappa shape index (κ1) is 16.7. The SMILES string of the molecule is CC(=O)c1cccc(Nc2ccnc(C(=O)NC(C)(C)C)c2)c1. The van der Waals surface area contributed by atoms with Crippen LogP contribution in [0.25, 0.3) is 0 Å². The predicted molar refractivity (Wildman–Crippen MR) is 91.2 cm³/mol. The maximum absolute atomic E-state index is 12.2. The molecule has 5 heteroatoms. The molecule has 0 aliphatic rings. The molecule has 0 aliphatic heterocycles. The van der Waals surface area contributed by atoms with Crippen molar-refractivity contribution < 1.29 is 9.59 Å². The molecule has 0 atom stereocenters. The lowest BCUT2D eigenvalue weighted by Gasteiger charge is -2.20. The Morgan fingerprint density at radius 3 is 2.39 bits per heavy atom. The Balaban J connectivity index is 2.19. The summed E-state index contributed by atoms with van der Waals surface area (Å²) in [5, 5.41) is 6.06. The van der Waals surface area contributed by atoms with Gasteiger partial charge in [-0.2, -0.15) is 0 Å². The highest BCUT2D eigenvalue weighted by Gasteiger charge is 2.16. The van der Waals surface area contributed by atoms with Crippen LogP contribution < -0.4 is 10.6 Å². The summed E-state index contributed by atoms with van der Waals surface area (Å²) in [4.78, 5) is 27.7. The number of nitrogens with one attached hydrogen (secondary N) is 2. The molecule has 0 saturated carbocycles. The van der Waals surface area contributed by atoms with Gasteiger partial charge in [-0.05, 0) is 52.0 Å². The van der Waals surface area contributed by atoms with E-state index in [1.54, 1.807) is 30.5 Å². The molecule has 1 aromatic heterocycles. The molecule has 0 spiro atoms. The zero-order valence-corrected chi connectivity index (χ0v) is 13.8. The fraction of sp³-hybridized carbons (Fsp3) is 0.278. The second kappa shape index (κ2) is 6.60. The van der Waals surface area contributed by atoms with Gasteiger partial charge in [-0.1, -0.05) is 12.1 Å². The van der Waals surface area contributed by atoms with Crippen molar-refractivity contribution in [3.63, 3.8) is 0 Å². The van der Waals surface area contributed by atoms with E-state index in [0.717, 1.165) is 11.4 Å². The zero-order valence-electron chi connectivity index (χ0n) is 13.8. The third-order valence-corrected chi connectivity index (χ3v) is 3.04. The van der Waals surface area contributed by atoms with Crippen molar-refractivity contribution in [1.29, 1.82) is 0 Å². The maximum Gasteiger partial charge on any atom is 0.270 e. The molecule has 2 aromatic rings. The van der Waals surface area contributed by atoms with E-state index in [1.807, 2.05) is 32.9 Å². The monoisotopic (exact) mass is 311 g/mol. The van der Waals surface area contributed by atoms with Crippen molar-refractivity contribution in [3.8, 4) is 0 Å². The van der Waals surface area contributed by atoms with E-state index in [0.29, 0.717) is 11.3 Å². The topological polar surface area (TPSA) is 71.1 Å².